The van der Waals surface area contributed by atoms with E-state index in [1.54, 1.807) is 18.2 Å². The van der Waals surface area contributed by atoms with Crippen LogP contribution in [0.1, 0.15) is 5.56 Å². The van der Waals surface area contributed by atoms with Gasteiger partial charge in [-0.3, -0.25) is 0 Å². The van der Waals surface area contributed by atoms with Crippen LogP contribution in [0, 0.1) is 6.07 Å². The predicted octanol–water partition coefficient (Wildman–Crippen LogP) is 2.61. The average molecular weight is 144 g/mol. The number of hydrogen-bond acceptors (Lipinski definition) is 0. The molecule has 1 aromatic carbocycles. The molecule has 0 fully saturated rings. The molecule has 1 radical (unpaired) electrons. The highest BCUT2D eigenvalue weighted by molar-refractivity contribution is 6.31. The number of hydrogen-bond donors (Lipinski definition) is 0. The Morgan fingerprint density at radius 2 is 2.44 bits per heavy atom. The molecule has 0 atom stereocenters. The molecule has 0 spiro atoms. The van der Waals surface area contributed by atoms with Crippen molar-refractivity contribution in [1.29, 1.82) is 0 Å². The highest BCUT2D eigenvalue weighted by Crippen LogP contribution is 2.14. The second-order valence-electron chi connectivity index (χ2n) is 1.65. The predicted molar refractivity (Wildman–Crippen MR) is 35.1 cm³/mol. The summed E-state index contributed by atoms with van der Waals surface area (Å²) in [6.07, 6.45) is 0. The Labute approximate surface area is 58.3 Å². The molecular formula is C7H5ClF. The highest BCUT2D eigenvalue weighted by atomic mass is 35.5. The normalized spacial score (nSPS) is 9.56. The third kappa shape index (κ3) is 1.42. The van der Waals surface area contributed by atoms with E-state index in [0.717, 1.165) is 0 Å². The smallest absolute Gasteiger partial charge is 0.116 e. The lowest BCUT2D eigenvalue weighted by molar-refractivity contribution is 0.485. The van der Waals surface area contributed by atoms with Crippen molar-refractivity contribution in [2.24, 2.45) is 0 Å². The number of rotatable bonds is 1. The van der Waals surface area contributed by atoms with Crippen LogP contribution in [0.4, 0.5) is 4.39 Å². The minimum Gasteiger partial charge on any atom is -0.246 e. The summed E-state index contributed by atoms with van der Waals surface area (Å²) < 4.78 is 11.9. The van der Waals surface area contributed by atoms with Crippen molar-refractivity contribution in [3.8, 4) is 0 Å². The van der Waals surface area contributed by atoms with E-state index >= 15 is 0 Å². The van der Waals surface area contributed by atoms with Gasteiger partial charge in [0.1, 0.15) is 6.67 Å². The largest absolute Gasteiger partial charge is 0.246 e. The fourth-order valence-electron chi connectivity index (χ4n) is 0.551. The monoisotopic (exact) mass is 143 g/mol. The van der Waals surface area contributed by atoms with Gasteiger partial charge in [0.2, 0.25) is 0 Å². The van der Waals surface area contributed by atoms with Crippen LogP contribution < -0.4 is 0 Å². The molecule has 2 heteroatoms. The Morgan fingerprint density at radius 3 is 2.89 bits per heavy atom. The lowest BCUT2D eigenvalue weighted by atomic mass is 10.2. The maximum atomic E-state index is 11.9. The van der Waals surface area contributed by atoms with Crippen molar-refractivity contribution >= 4 is 11.6 Å². The maximum absolute atomic E-state index is 11.9. The quantitative estimate of drug-likeness (QED) is 0.567. The van der Waals surface area contributed by atoms with Crippen LogP contribution in [0.2, 0.25) is 5.02 Å². The lowest BCUT2D eigenvalue weighted by Gasteiger charge is -1.93. The molecule has 0 aromatic heterocycles. The van der Waals surface area contributed by atoms with Crippen LogP contribution in [0.3, 0.4) is 0 Å². The molecule has 47 valence electrons. The molecule has 0 saturated heterocycles. The van der Waals surface area contributed by atoms with Crippen LogP contribution in [-0.2, 0) is 6.67 Å². The van der Waals surface area contributed by atoms with Crippen molar-refractivity contribution in [1.82, 2.24) is 0 Å². The van der Waals surface area contributed by atoms with E-state index in [-0.39, 0.29) is 0 Å². The summed E-state index contributed by atoms with van der Waals surface area (Å²) in [7, 11) is 0. The first-order chi connectivity index (χ1) is 4.34. The zero-order valence-electron chi connectivity index (χ0n) is 4.70. The van der Waals surface area contributed by atoms with Crippen LogP contribution >= 0.6 is 11.6 Å². The van der Waals surface area contributed by atoms with Gasteiger partial charge in [-0.25, -0.2) is 4.39 Å². The Balaban J connectivity index is 3.01. The second kappa shape index (κ2) is 2.83. The molecular weight excluding hydrogens is 139 g/mol. The number of alkyl halides is 1. The molecule has 0 aliphatic heterocycles. The van der Waals surface area contributed by atoms with Crippen LogP contribution in [0.15, 0.2) is 18.2 Å². The third-order valence-electron chi connectivity index (χ3n) is 1.04. The first-order valence-electron chi connectivity index (χ1n) is 2.55. The summed E-state index contributed by atoms with van der Waals surface area (Å²) in [5.41, 5.74) is 0.524. The minimum atomic E-state index is -0.506. The summed E-state index contributed by atoms with van der Waals surface area (Å²) in [4.78, 5) is 0. The molecule has 0 N–H and O–H groups in total. The number of benzene rings is 1. The summed E-state index contributed by atoms with van der Waals surface area (Å²) in [6, 6.07) is 7.54. The molecule has 0 heterocycles. The molecule has 0 aliphatic rings. The first kappa shape index (κ1) is 6.56. The average Bonchev–Trinajstić information content (AvgIpc) is 1.89. The van der Waals surface area contributed by atoms with Crippen molar-refractivity contribution < 1.29 is 4.39 Å². The van der Waals surface area contributed by atoms with Crippen molar-refractivity contribution in [2.45, 2.75) is 6.67 Å². The first-order valence-corrected chi connectivity index (χ1v) is 2.93. The van der Waals surface area contributed by atoms with Gasteiger partial charge in [0.25, 0.3) is 0 Å². The Bertz CT molecular complexity index is 198. The van der Waals surface area contributed by atoms with Crippen molar-refractivity contribution in [3.05, 3.63) is 34.9 Å². The standard InChI is InChI=1S/C7H5ClF/c8-7-4-2-1-3-6(7)5-9/h1,3-4H,5H2. The van der Waals surface area contributed by atoms with Gasteiger partial charge in [-0.05, 0) is 12.1 Å². The van der Waals surface area contributed by atoms with Gasteiger partial charge in [0.05, 0.1) is 0 Å². The maximum Gasteiger partial charge on any atom is 0.116 e. The SMILES string of the molecule is FCc1cc[c]cc1Cl. The van der Waals surface area contributed by atoms with E-state index in [1.165, 1.54) is 0 Å². The molecule has 0 aliphatic carbocycles. The zero-order valence-corrected chi connectivity index (χ0v) is 5.45. The molecule has 1 aromatic rings. The van der Waals surface area contributed by atoms with Crippen LogP contribution in [0.25, 0.3) is 0 Å². The van der Waals surface area contributed by atoms with Gasteiger partial charge in [0, 0.05) is 10.6 Å². The van der Waals surface area contributed by atoms with E-state index in [1.807, 2.05) is 0 Å². The third-order valence-corrected chi connectivity index (χ3v) is 1.39. The molecule has 1 rings (SSSR count). The molecule has 0 unspecified atom stereocenters. The summed E-state index contributed by atoms with van der Waals surface area (Å²) in [5, 5.41) is 0.444. The van der Waals surface area contributed by atoms with E-state index in [2.05, 4.69) is 6.07 Å². The van der Waals surface area contributed by atoms with E-state index in [0.29, 0.717) is 10.6 Å². The fraction of sp³-hybridized carbons (Fsp3) is 0.143. The van der Waals surface area contributed by atoms with E-state index < -0.39 is 6.67 Å². The van der Waals surface area contributed by atoms with Gasteiger partial charge in [-0.2, -0.15) is 0 Å². The molecule has 0 amide bonds. The van der Waals surface area contributed by atoms with E-state index in [9.17, 15) is 4.39 Å². The number of halogens is 2. The second-order valence-corrected chi connectivity index (χ2v) is 2.06. The Kier molecular flexibility index (Phi) is 2.06. The van der Waals surface area contributed by atoms with Gasteiger partial charge in [-0.15, -0.1) is 0 Å². The minimum absolute atomic E-state index is 0.444. The summed E-state index contributed by atoms with van der Waals surface area (Å²) >= 11 is 5.55. The molecule has 9 heavy (non-hydrogen) atoms. The van der Waals surface area contributed by atoms with E-state index in [4.69, 9.17) is 11.6 Å². The van der Waals surface area contributed by atoms with Crippen LogP contribution in [-0.4, -0.2) is 0 Å². The van der Waals surface area contributed by atoms with Crippen LogP contribution in [0.5, 0.6) is 0 Å². The molecule has 0 bridgehead atoms. The fourth-order valence-corrected chi connectivity index (χ4v) is 0.727. The van der Waals surface area contributed by atoms with Gasteiger partial charge in [-0.1, -0.05) is 23.7 Å². The summed E-state index contributed by atoms with van der Waals surface area (Å²) in [6.45, 7) is -0.506. The van der Waals surface area contributed by atoms with Gasteiger partial charge >= 0.3 is 0 Å². The highest BCUT2D eigenvalue weighted by Gasteiger charge is 1.94. The topological polar surface area (TPSA) is 0 Å². The molecule has 0 saturated carbocycles. The van der Waals surface area contributed by atoms with Gasteiger partial charge < -0.3 is 0 Å². The Hall–Kier alpha value is -0.560. The zero-order chi connectivity index (χ0) is 6.69. The summed E-state index contributed by atoms with van der Waals surface area (Å²) in [5.74, 6) is 0. The lowest BCUT2D eigenvalue weighted by Crippen LogP contribution is -1.77. The Morgan fingerprint density at radius 1 is 1.67 bits per heavy atom. The molecule has 0 nitrogen and oxygen atoms in total. The van der Waals surface area contributed by atoms with Crippen molar-refractivity contribution in [3.63, 3.8) is 0 Å². The van der Waals surface area contributed by atoms with Crippen molar-refractivity contribution in [2.75, 3.05) is 0 Å². The van der Waals surface area contributed by atoms with Gasteiger partial charge in [0.15, 0.2) is 0 Å².